The molecule has 0 radical (unpaired) electrons. The molecule has 2 saturated heterocycles. The van der Waals surface area contributed by atoms with E-state index in [1.54, 1.807) is 0 Å². The van der Waals surface area contributed by atoms with Crippen molar-refractivity contribution in [3.05, 3.63) is 0 Å². The minimum Gasteiger partial charge on any atom is -0.352 e. The molecule has 3 fully saturated rings. The lowest BCUT2D eigenvalue weighted by Crippen LogP contribution is -2.55. The van der Waals surface area contributed by atoms with Crippen LogP contribution in [0.2, 0.25) is 0 Å². The lowest BCUT2D eigenvalue weighted by atomic mass is 10.1. The van der Waals surface area contributed by atoms with Gasteiger partial charge in [-0.05, 0) is 19.8 Å². The van der Waals surface area contributed by atoms with Crippen molar-refractivity contribution in [3.63, 3.8) is 0 Å². The van der Waals surface area contributed by atoms with E-state index in [0.29, 0.717) is 18.5 Å². The first-order valence-electron chi connectivity index (χ1n) is 8.77. The number of amides is 2. The number of nitrogens with one attached hydrogen (secondary N) is 2. The highest BCUT2D eigenvalue weighted by molar-refractivity contribution is 7.99. The van der Waals surface area contributed by atoms with E-state index in [-0.39, 0.29) is 17.9 Å². The fourth-order valence-electron chi connectivity index (χ4n) is 3.16. The Morgan fingerprint density at radius 1 is 1.26 bits per heavy atom. The van der Waals surface area contributed by atoms with Crippen LogP contribution in [-0.4, -0.2) is 84.0 Å². The molecule has 2 unspecified atom stereocenters. The number of carbonyl (C=O) groups excluding carboxylic acids is 2. The third-order valence-electron chi connectivity index (χ3n) is 4.94. The molecule has 2 N–H and O–H groups in total. The summed E-state index contributed by atoms with van der Waals surface area (Å²) in [4.78, 5) is 28.7. The molecule has 1 aliphatic carbocycles. The first-order valence-corrected chi connectivity index (χ1v) is 9.92. The van der Waals surface area contributed by atoms with Crippen molar-refractivity contribution in [1.82, 2.24) is 20.4 Å². The van der Waals surface area contributed by atoms with Gasteiger partial charge in [0, 0.05) is 62.7 Å². The highest BCUT2D eigenvalue weighted by Gasteiger charge is 2.31. The summed E-state index contributed by atoms with van der Waals surface area (Å²) in [6, 6.07) is 0.639. The molecule has 3 rings (SSSR count). The number of hydrogen-bond donors (Lipinski definition) is 2. The van der Waals surface area contributed by atoms with Crippen molar-refractivity contribution in [2.75, 3.05) is 44.2 Å². The minimum absolute atomic E-state index is 0.0933. The summed E-state index contributed by atoms with van der Waals surface area (Å²) in [6.45, 7) is 6.03. The van der Waals surface area contributed by atoms with Crippen LogP contribution in [0, 0.1) is 0 Å². The van der Waals surface area contributed by atoms with Crippen LogP contribution in [-0.2, 0) is 9.59 Å². The Balaban J connectivity index is 1.40. The molecule has 0 aromatic carbocycles. The first kappa shape index (κ1) is 17.0. The summed E-state index contributed by atoms with van der Waals surface area (Å²) >= 11 is 1.92. The highest BCUT2D eigenvalue weighted by atomic mass is 32.2. The summed E-state index contributed by atoms with van der Waals surface area (Å²) in [5, 5.41) is 6.49. The van der Waals surface area contributed by atoms with Gasteiger partial charge in [-0.2, -0.15) is 11.8 Å². The number of piperazine rings is 1. The maximum Gasteiger partial charge on any atom is 0.237 e. The fourth-order valence-corrected chi connectivity index (χ4v) is 4.11. The zero-order chi connectivity index (χ0) is 16.2. The van der Waals surface area contributed by atoms with Crippen molar-refractivity contribution in [1.29, 1.82) is 0 Å². The average molecular weight is 340 g/mol. The van der Waals surface area contributed by atoms with E-state index >= 15 is 0 Å². The summed E-state index contributed by atoms with van der Waals surface area (Å²) < 4.78 is 0. The van der Waals surface area contributed by atoms with E-state index < -0.39 is 0 Å². The van der Waals surface area contributed by atoms with Gasteiger partial charge in [0.05, 0.1) is 6.04 Å². The molecule has 0 bridgehead atoms. The SMILES string of the molecule is CC(C(=O)NC1CC1)N1CCN(C(=O)CC2CSCCN2)CC1. The monoisotopic (exact) mass is 340 g/mol. The van der Waals surface area contributed by atoms with Crippen molar-refractivity contribution in [2.45, 2.75) is 44.3 Å². The minimum atomic E-state index is -0.0933. The summed E-state index contributed by atoms with van der Waals surface area (Å²) in [5.74, 6) is 2.56. The zero-order valence-electron chi connectivity index (χ0n) is 13.9. The second-order valence-corrected chi connectivity index (χ2v) is 7.96. The molecule has 2 atom stereocenters. The molecular weight excluding hydrogens is 312 g/mol. The molecule has 0 aromatic rings. The van der Waals surface area contributed by atoms with E-state index in [4.69, 9.17) is 0 Å². The molecule has 2 aliphatic heterocycles. The second kappa shape index (κ2) is 7.85. The third kappa shape index (κ3) is 4.84. The summed E-state index contributed by atoms with van der Waals surface area (Å²) in [6.07, 6.45) is 2.84. The molecule has 7 heteroatoms. The predicted octanol–water partition coefficient (Wildman–Crippen LogP) is -0.107. The van der Waals surface area contributed by atoms with Crippen molar-refractivity contribution >= 4 is 23.6 Å². The lowest BCUT2D eigenvalue weighted by Gasteiger charge is -2.38. The Labute approximate surface area is 142 Å². The van der Waals surface area contributed by atoms with Gasteiger partial charge in [0.2, 0.25) is 11.8 Å². The van der Waals surface area contributed by atoms with Crippen molar-refractivity contribution in [3.8, 4) is 0 Å². The van der Waals surface area contributed by atoms with Gasteiger partial charge in [0.15, 0.2) is 0 Å². The average Bonchev–Trinajstić information content (AvgIpc) is 3.39. The molecule has 23 heavy (non-hydrogen) atoms. The number of carbonyl (C=O) groups is 2. The van der Waals surface area contributed by atoms with Gasteiger partial charge in [-0.15, -0.1) is 0 Å². The molecule has 3 aliphatic rings. The van der Waals surface area contributed by atoms with E-state index in [9.17, 15) is 9.59 Å². The van der Waals surface area contributed by atoms with Gasteiger partial charge >= 0.3 is 0 Å². The maximum absolute atomic E-state index is 12.4. The number of nitrogens with zero attached hydrogens (tertiary/aromatic N) is 2. The van der Waals surface area contributed by atoms with Crippen LogP contribution in [0.1, 0.15) is 26.2 Å². The number of rotatable bonds is 5. The van der Waals surface area contributed by atoms with Crippen LogP contribution in [0.3, 0.4) is 0 Å². The van der Waals surface area contributed by atoms with E-state index in [1.165, 1.54) is 0 Å². The largest absolute Gasteiger partial charge is 0.352 e. The van der Waals surface area contributed by atoms with E-state index in [0.717, 1.165) is 57.1 Å². The van der Waals surface area contributed by atoms with Gasteiger partial charge in [0.1, 0.15) is 0 Å². The van der Waals surface area contributed by atoms with Crippen molar-refractivity contribution in [2.24, 2.45) is 0 Å². The smallest absolute Gasteiger partial charge is 0.237 e. The molecule has 2 heterocycles. The maximum atomic E-state index is 12.4. The van der Waals surface area contributed by atoms with Gasteiger partial charge in [-0.1, -0.05) is 0 Å². The molecule has 1 saturated carbocycles. The molecule has 2 amide bonds. The Morgan fingerprint density at radius 2 is 2.00 bits per heavy atom. The van der Waals surface area contributed by atoms with E-state index in [2.05, 4.69) is 15.5 Å². The topological polar surface area (TPSA) is 64.7 Å². The van der Waals surface area contributed by atoms with Crippen molar-refractivity contribution < 1.29 is 9.59 Å². The fraction of sp³-hybridized carbons (Fsp3) is 0.875. The number of thioether (sulfide) groups is 1. The molecule has 6 nitrogen and oxygen atoms in total. The standard InChI is InChI=1S/C16H28N4O2S/c1-12(16(22)18-13-2-3-13)19-5-7-20(8-6-19)15(21)10-14-11-23-9-4-17-14/h12-14,17H,2-11H2,1H3,(H,18,22). The van der Waals surface area contributed by atoms with Crippen LogP contribution in [0.4, 0.5) is 0 Å². The first-order chi connectivity index (χ1) is 11.1. The third-order valence-corrected chi connectivity index (χ3v) is 6.07. The molecular formula is C16H28N4O2S. The van der Waals surface area contributed by atoms with Crippen LogP contribution >= 0.6 is 11.8 Å². The van der Waals surface area contributed by atoms with E-state index in [1.807, 2.05) is 23.6 Å². The molecule has 0 aromatic heterocycles. The Bertz CT molecular complexity index is 430. The Morgan fingerprint density at radius 3 is 2.61 bits per heavy atom. The van der Waals surface area contributed by atoms with Gasteiger partial charge in [-0.3, -0.25) is 14.5 Å². The van der Waals surface area contributed by atoms with Crippen LogP contribution in [0.15, 0.2) is 0 Å². The zero-order valence-corrected chi connectivity index (χ0v) is 14.7. The molecule has 0 spiro atoms. The second-order valence-electron chi connectivity index (χ2n) is 6.81. The van der Waals surface area contributed by atoms with Gasteiger partial charge < -0.3 is 15.5 Å². The van der Waals surface area contributed by atoms with Crippen LogP contribution in [0.25, 0.3) is 0 Å². The van der Waals surface area contributed by atoms with Gasteiger partial charge in [-0.25, -0.2) is 0 Å². The summed E-state index contributed by atoms with van der Waals surface area (Å²) in [5.41, 5.74) is 0. The quantitative estimate of drug-likeness (QED) is 0.731. The lowest BCUT2D eigenvalue weighted by molar-refractivity contribution is -0.134. The van der Waals surface area contributed by atoms with Gasteiger partial charge in [0.25, 0.3) is 0 Å². The normalized spacial score (nSPS) is 27.5. The summed E-state index contributed by atoms with van der Waals surface area (Å²) in [7, 11) is 0. The number of hydrogen-bond acceptors (Lipinski definition) is 5. The van der Waals surface area contributed by atoms with Crippen LogP contribution in [0.5, 0.6) is 0 Å². The van der Waals surface area contributed by atoms with Crippen LogP contribution < -0.4 is 10.6 Å². The Kier molecular flexibility index (Phi) is 5.82. The predicted molar refractivity (Wildman–Crippen MR) is 92.5 cm³/mol. The Hall–Kier alpha value is -0.790. The molecule has 130 valence electrons. The highest BCUT2D eigenvalue weighted by Crippen LogP contribution is 2.19.